The predicted molar refractivity (Wildman–Crippen MR) is 41.4 cm³/mol. The lowest BCUT2D eigenvalue weighted by Gasteiger charge is -1.98. The van der Waals surface area contributed by atoms with Crippen molar-refractivity contribution in [3.8, 4) is 0 Å². The largest absolute Gasteiger partial charge is 0.481 e. The van der Waals surface area contributed by atoms with Crippen molar-refractivity contribution < 1.29 is 19.2 Å². The van der Waals surface area contributed by atoms with E-state index in [1.807, 2.05) is 0 Å². The van der Waals surface area contributed by atoms with E-state index in [4.69, 9.17) is 5.11 Å². The van der Waals surface area contributed by atoms with Crippen molar-refractivity contribution in [2.45, 2.75) is 12.8 Å². The molecule has 0 spiro atoms. The molecule has 1 aromatic heterocycles. The van der Waals surface area contributed by atoms with E-state index in [2.05, 4.69) is 4.42 Å². The summed E-state index contributed by atoms with van der Waals surface area (Å²) in [5, 5.41) is 18.7. The summed E-state index contributed by atoms with van der Waals surface area (Å²) in [4.78, 5) is 19.9. The molecule has 0 bridgehead atoms. The van der Waals surface area contributed by atoms with Crippen LogP contribution in [0.5, 0.6) is 0 Å². The Bertz CT molecular complexity index is 342. The van der Waals surface area contributed by atoms with Crippen LogP contribution >= 0.6 is 0 Å². The van der Waals surface area contributed by atoms with Crippen LogP contribution in [0.2, 0.25) is 0 Å². The minimum Gasteiger partial charge on any atom is -0.481 e. The Labute approximate surface area is 72.9 Å². The maximum absolute atomic E-state index is 10.4. The molecule has 1 atom stereocenters. The van der Waals surface area contributed by atoms with Crippen molar-refractivity contribution in [2.24, 2.45) is 0 Å². The van der Waals surface area contributed by atoms with Crippen molar-refractivity contribution in [1.29, 1.82) is 0 Å². The standard InChI is InChI=1S/C7H7NO5/c1-4(7(9)10)5-2-3-6(13-5)8(11)12/h2-4H,1H3,(H,9,10). The number of hydrogen-bond donors (Lipinski definition) is 1. The molecule has 1 aromatic rings. The third-order valence-electron chi connectivity index (χ3n) is 1.59. The molecular weight excluding hydrogens is 178 g/mol. The first kappa shape index (κ1) is 9.24. The van der Waals surface area contributed by atoms with Gasteiger partial charge in [0, 0.05) is 0 Å². The highest BCUT2D eigenvalue weighted by Crippen LogP contribution is 2.22. The fourth-order valence-electron chi connectivity index (χ4n) is 0.795. The molecule has 1 heterocycles. The second-order valence-corrected chi connectivity index (χ2v) is 2.49. The van der Waals surface area contributed by atoms with Crippen LogP contribution in [-0.4, -0.2) is 16.0 Å². The number of carbonyl (C=O) groups is 1. The zero-order valence-electron chi connectivity index (χ0n) is 6.76. The van der Waals surface area contributed by atoms with Crippen LogP contribution in [0.15, 0.2) is 16.5 Å². The number of rotatable bonds is 3. The molecule has 0 amide bonds. The summed E-state index contributed by atoms with van der Waals surface area (Å²) in [6.45, 7) is 1.39. The maximum atomic E-state index is 10.4. The van der Waals surface area contributed by atoms with E-state index in [0.717, 1.165) is 6.07 Å². The molecule has 0 aromatic carbocycles. The Morgan fingerprint density at radius 1 is 1.69 bits per heavy atom. The number of furan rings is 1. The van der Waals surface area contributed by atoms with Crippen LogP contribution < -0.4 is 0 Å². The molecule has 1 N–H and O–H groups in total. The average Bonchev–Trinajstić information content (AvgIpc) is 2.50. The molecule has 70 valence electrons. The molecule has 0 aliphatic heterocycles. The molecule has 0 fully saturated rings. The first-order chi connectivity index (χ1) is 6.02. The molecule has 0 aliphatic rings. The lowest BCUT2D eigenvalue weighted by molar-refractivity contribution is -0.402. The van der Waals surface area contributed by atoms with E-state index >= 15 is 0 Å². The van der Waals surface area contributed by atoms with E-state index in [0.29, 0.717) is 0 Å². The van der Waals surface area contributed by atoms with Gasteiger partial charge in [-0.2, -0.15) is 0 Å². The summed E-state index contributed by atoms with van der Waals surface area (Å²) in [6, 6.07) is 2.42. The SMILES string of the molecule is CC(C(=O)O)c1ccc([N+](=O)[O-])o1. The van der Waals surface area contributed by atoms with Gasteiger partial charge in [0.1, 0.15) is 16.6 Å². The number of nitro groups is 1. The molecule has 6 heteroatoms. The summed E-state index contributed by atoms with van der Waals surface area (Å²) in [6.07, 6.45) is 0. The Balaban J connectivity index is 2.91. The Morgan fingerprint density at radius 2 is 2.31 bits per heavy atom. The molecule has 0 radical (unpaired) electrons. The molecular formula is C7H7NO5. The van der Waals surface area contributed by atoms with Gasteiger partial charge in [-0.05, 0) is 13.0 Å². The minimum absolute atomic E-state index is 0.0826. The first-order valence-corrected chi connectivity index (χ1v) is 3.49. The van der Waals surface area contributed by atoms with Crippen molar-refractivity contribution in [1.82, 2.24) is 0 Å². The van der Waals surface area contributed by atoms with Gasteiger partial charge in [0.2, 0.25) is 0 Å². The van der Waals surface area contributed by atoms with Crippen molar-refractivity contribution in [2.75, 3.05) is 0 Å². The molecule has 1 rings (SSSR count). The Kier molecular flexibility index (Phi) is 2.32. The van der Waals surface area contributed by atoms with Crippen molar-refractivity contribution >= 4 is 11.9 Å². The topological polar surface area (TPSA) is 93.6 Å². The normalized spacial score (nSPS) is 12.4. The first-order valence-electron chi connectivity index (χ1n) is 3.49. The average molecular weight is 185 g/mol. The number of carboxylic acid groups (broad SMARTS) is 1. The molecule has 1 unspecified atom stereocenters. The van der Waals surface area contributed by atoms with Crippen LogP contribution in [0.1, 0.15) is 18.6 Å². The van der Waals surface area contributed by atoms with Crippen LogP contribution in [0.4, 0.5) is 5.88 Å². The zero-order chi connectivity index (χ0) is 10.0. The van der Waals surface area contributed by atoms with Gasteiger partial charge in [-0.3, -0.25) is 14.9 Å². The van der Waals surface area contributed by atoms with Crippen LogP contribution in [-0.2, 0) is 4.79 Å². The smallest absolute Gasteiger partial charge is 0.433 e. The summed E-state index contributed by atoms with van der Waals surface area (Å²) in [5.41, 5.74) is 0. The lowest BCUT2D eigenvalue weighted by atomic mass is 10.1. The molecule has 0 saturated heterocycles. The third-order valence-corrected chi connectivity index (χ3v) is 1.59. The van der Waals surface area contributed by atoms with E-state index in [1.54, 1.807) is 0 Å². The van der Waals surface area contributed by atoms with E-state index in [-0.39, 0.29) is 5.76 Å². The van der Waals surface area contributed by atoms with Crippen LogP contribution in [0.25, 0.3) is 0 Å². The summed E-state index contributed by atoms with van der Waals surface area (Å²) in [7, 11) is 0. The summed E-state index contributed by atoms with van der Waals surface area (Å²) >= 11 is 0. The monoisotopic (exact) mass is 185 g/mol. The highest BCUT2D eigenvalue weighted by Gasteiger charge is 2.21. The van der Waals surface area contributed by atoms with Crippen LogP contribution in [0, 0.1) is 10.1 Å². The number of hydrogen-bond acceptors (Lipinski definition) is 4. The second-order valence-electron chi connectivity index (χ2n) is 2.49. The number of nitrogens with zero attached hydrogens (tertiary/aromatic N) is 1. The summed E-state index contributed by atoms with van der Waals surface area (Å²) in [5.74, 6) is -2.31. The Hall–Kier alpha value is -1.85. The van der Waals surface area contributed by atoms with Gasteiger partial charge < -0.3 is 9.52 Å². The molecule has 13 heavy (non-hydrogen) atoms. The minimum atomic E-state index is -1.08. The highest BCUT2D eigenvalue weighted by molar-refractivity contribution is 5.74. The molecule has 0 saturated carbocycles. The second kappa shape index (κ2) is 3.26. The Morgan fingerprint density at radius 3 is 2.69 bits per heavy atom. The van der Waals surface area contributed by atoms with Gasteiger partial charge in [-0.25, -0.2) is 0 Å². The van der Waals surface area contributed by atoms with Crippen molar-refractivity contribution in [3.63, 3.8) is 0 Å². The van der Waals surface area contributed by atoms with E-state index in [1.165, 1.54) is 13.0 Å². The summed E-state index contributed by atoms with van der Waals surface area (Å²) < 4.78 is 4.69. The zero-order valence-corrected chi connectivity index (χ0v) is 6.76. The van der Waals surface area contributed by atoms with E-state index < -0.39 is 22.7 Å². The quantitative estimate of drug-likeness (QED) is 0.567. The molecule has 0 aliphatic carbocycles. The highest BCUT2D eigenvalue weighted by atomic mass is 16.6. The molecule has 6 nitrogen and oxygen atoms in total. The number of carboxylic acids is 1. The third kappa shape index (κ3) is 1.84. The lowest BCUT2D eigenvalue weighted by Crippen LogP contribution is -2.05. The van der Waals surface area contributed by atoms with Gasteiger partial charge in [0.05, 0.1) is 6.07 Å². The van der Waals surface area contributed by atoms with Gasteiger partial charge >= 0.3 is 11.9 Å². The van der Waals surface area contributed by atoms with E-state index in [9.17, 15) is 14.9 Å². The number of aliphatic carboxylic acids is 1. The maximum Gasteiger partial charge on any atom is 0.433 e. The van der Waals surface area contributed by atoms with Gasteiger partial charge in [-0.15, -0.1) is 0 Å². The van der Waals surface area contributed by atoms with Crippen LogP contribution in [0.3, 0.4) is 0 Å². The van der Waals surface area contributed by atoms with Gasteiger partial charge in [-0.1, -0.05) is 0 Å². The van der Waals surface area contributed by atoms with Gasteiger partial charge in [0.15, 0.2) is 0 Å². The van der Waals surface area contributed by atoms with Crippen molar-refractivity contribution in [3.05, 3.63) is 28.0 Å². The fourth-order valence-corrected chi connectivity index (χ4v) is 0.795. The predicted octanol–water partition coefficient (Wildman–Crippen LogP) is 1.38. The fraction of sp³-hybridized carbons (Fsp3) is 0.286. The van der Waals surface area contributed by atoms with Gasteiger partial charge in [0.25, 0.3) is 0 Å².